The van der Waals surface area contributed by atoms with E-state index in [0.29, 0.717) is 17.4 Å². The van der Waals surface area contributed by atoms with Gasteiger partial charge in [-0.15, -0.1) is 0 Å². The summed E-state index contributed by atoms with van der Waals surface area (Å²) >= 11 is 0. The molecule has 7 nitrogen and oxygen atoms in total. The van der Waals surface area contributed by atoms with Gasteiger partial charge in [0.2, 0.25) is 5.95 Å². The summed E-state index contributed by atoms with van der Waals surface area (Å²) in [5.74, 6) is 0.689. The predicted octanol–water partition coefficient (Wildman–Crippen LogP) is 3.20. The van der Waals surface area contributed by atoms with Crippen LogP contribution < -0.4 is 16.6 Å². The van der Waals surface area contributed by atoms with E-state index in [1.54, 1.807) is 18.2 Å². The summed E-state index contributed by atoms with van der Waals surface area (Å²) < 4.78 is 5.03. The van der Waals surface area contributed by atoms with Gasteiger partial charge >= 0.3 is 5.91 Å². The third-order valence-corrected chi connectivity index (χ3v) is 3.64. The van der Waals surface area contributed by atoms with Crippen molar-refractivity contribution in [2.45, 2.75) is 19.8 Å². The smallest absolute Gasteiger partial charge is 0.305 e. The second-order valence-corrected chi connectivity index (χ2v) is 5.83. The number of amides is 1. The van der Waals surface area contributed by atoms with Crippen LogP contribution in [0.3, 0.4) is 0 Å². The first-order valence-corrected chi connectivity index (χ1v) is 7.87. The Morgan fingerprint density at radius 3 is 2.72 bits per heavy atom. The molecule has 0 aliphatic rings. The Bertz CT molecular complexity index is 875. The lowest BCUT2D eigenvalue weighted by molar-refractivity contribution is 0.0935. The molecular formula is C18H19N5O2. The quantitative estimate of drug-likeness (QED) is 0.617. The first-order chi connectivity index (χ1) is 12.0. The fraction of sp³-hybridized carbons (Fsp3) is 0.167. The first-order valence-electron chi connectivity index (χ1n) is 7.87. The average Bonchev–Trinajstić information content (AvgIpc) is 3.14. The number of nitrogens with two attached hydrogens (primary N) is 1. The zero-order chi connectivity index (χ0) is 17.8. The van der Waals surface area contributed by atoms with Crippen molar-refractivity contribution in [2.24, 2.45) is 0 Å². The number of nitrogens with one attached hydrogen (secondary N) is 2. The summed E-state index contributed by atoms with van der Waals surface area (Å²) in [6.07, 6.45) is 1.43. The molecule has 0 spiro atoms. The van der Waals surface area contributed by atoms with Gasteiger partial charge in [-0.3, -0.25) is 15.6 Å². The van der Waals surface area contributed by atoms with Crippen molar-refractivity contribution in [2.75, 3.05) is 11.2 Å². The first kappa shape index (κ1) is 16.5. The van der Waals surface area contributed by atoms with Gasteiger partial charge in [-0.05, 0) is 29.7 Å². The highest BCUT2D eigenvalue weighted by Gasteiger charge is 2.10. The number of nitrogens with zero attached hydrogens (tertiary/aromatic N) is 2. The average molecular weight is 337 g/mol. The lowest BCUT2D eigenvalue weighted by Gasteiger charge is -2.11. The fourth-order valence-electron chi connectivity index (χ4n) is 2.33. The molecule has 0 fully saturated rings. The number of aromatic nitrogens is 2. The topological polar surface area (TPSA) is 106 Å². The molecule has 7 heteroatoms. The van der Waals surface area contributed by atoms with Crippen molar-refractivity contribution >= 4 is 17.7 Å². The van der Waals surface area contributed by atoms with E-state index in [1.165, 1.54) is 11.8 Å². The van der Waals surface area contributed by atoms with Crippen LogP contribution in [0.1, 0.15) is 35.9 Å². The molecule has 1 aromatic carbocycles. The molecular weight excluding hydrogens is 318 g/mol. The van der Waals surface area contributed by atoms with E-state index in [-0.39, 0.29) is 11.7 Å². The SMILES string of the molecule is CC(C)c1cccc(-c2cc(NNC(=O)c3ccco3)nc(N)n2)c1. The molecule has 25 heavy (non-hydrogen) atoms. The van der Waals surface area contributed by atoms with Crippen molar-refractivity contribution in [3.63, 3.8) is 0 Å². The lowest BCUT2D eigenvalue weighted by atomic mass is 10.00. The van der Waals surface area contributed by atoms with E-state index in [0.717, 1.165) is 5.56 Å². The summed E-state index contributed by atoms with van der Waals surface area (Å²) in [7, 11) is 0. The van der Waals surface area contributed by atoms with Crippen molar-refractivity contribution in [1.82, 2.24) is 15.4 Å². The summed E-state index contributed by atoms with van der Waals surface area (Å²) in [5, 5.41) is 0. The van der Waals surface area contributed by atoms with Gasteiger partial charge in [0.1, 0.15) is 0 Å². The Hall–Kier alpha value is -3.35. The molecule has 0 unspecified atom stereocenters. The number of anilines is 2. The monoisotopic (exact) mass is 337 g/mol. The van der Waals surface area contributed by atoms with Crippen molar-refractivity contribution in [3.05, 3.63) is 60.1 Å². The second-order valence-electron chi connectivity index (χ2n) is 5.83. The Labute approximate surface area is 145 Å². The number of carbonyl (C=O) groups excluding carboxylic acids is 1. The van der Waals surface area contributed by atoms with Crippen LogP contribution in [0, 0.1) is 0 Å². The van der Waals surface area contributed by atoms with Crippen LogP contribution in [0.4, 0.5) is 11.8 Å². The molecule has 2 aromatic heterocycles. The maximum atomic E-state index is 11.9. The van der Waals surface area contributed by atoms with Crippen molar-refractivity contribution in [1.29, 1.82) is 0 Å². The number of hydrogen-bond donors (Lipinski definition) is 3. The number of hydrazine groups is 1. The maximum absolute atomic E-state index is 11.9. The van der Waals surface area contributed by atoms with Crippen LogP contribution in [0.2, 0.25) is 0 Å². The van der Waals surface area contributed by atoms with Gasteiger partial charge in [0, 0.05) is 11.6 Å². The van der Waals surface area contributed by atoms with Gasteiger partial charge in [0.15, 0.2) is 11.6 Å². The highest BCUT2D eigenvalue weighted by atomic mass is 16.3. The molecule has 0 saturated heterocycles. The third-order valence-electron chi connectivity index (χ3n) is 3.64. The van der Waals surface area contributed by atoms with Gasteiger partial charge in [-0.1, -0.05) is 32.0 Å². The van der Waals surface area contributed by atoms with Gasteiger partial charge in [-0.2, -0.15) is 4.98 Å². The number of benzene rings is 1. The molecule has 3 rings (SSSR count). The maximum Gasteiger partial charge on any atom is 0.305 e. The second kappa shape index (κ2) is 7.04. The number of hydrogen-bond acceptors (Lipinski definition) is 6. The highest BCUT2D eigenvalue weighted by molar-refractivity contribution is 5.92. The molecule has 0 saturated carbocycles. The molecule has 0 atom stereocenters. The molecule has 0 radical (unpaired) electrons. The van der Waals surface area contributed by atoms with Crippen LogP contribution >= 0.6 is 0 Å². The standard InChI is InChI=1S/C18H19N5O2/c1-11(2)12-5-3-6-13(9-12)14-10-16(21-18(19)20-14)22-23-17(24)15-7-4-8-25-15/h3-11H,1-2H3,(H,23,24)(H3,19,20,21,22). The minimum Gasteiger partial charge on any atom is -0.459 e. The predicted molar refractivity (Wildman–Crippen MR) is 95.8 cm³/mol. The van der Waals surface area contributed by atoms with Crippen molar-refractivity contribution in [3.8, 4) is 11.3 Å². The summed E-state index contributed by atoms with van der Waals surface area (Å²) in [5.41, 5.74) is 13.8. The van der Waals surface area contributed by atoms with Gasteiger partial charge < -0.3 is 10.2 Å². The highest BCUT2D eigenvalue weighted by Crippen LogP contribution is 2.24. The zero-order valence-electron chi connectivity index (χ0n) is 14.0. The number of nitrogen functional groups attached to an aromatic ring is 1. The Morgan fingerprint density at radius 1 is 1.16 bits per heavy atom. The molecule has 128 valence electrons. The van der Waals surface area contributed by atoms with E-state index in [2.05, 4.69) is 46.8 Å². The number of carbonyl (C=O) groups is 1. The van der Waals surface area contributed by atoms with Crippen LogP contribution in [-0.2, 0) is 0 Å². The normalized spacial score (nSPS) is 10.7. The zero-order valence-corrected chi connectivity index (χ0v) is 14.0. The van der Waals surface area contributed by atoms with Crippen LogP contribution in [0.15, 0.2) is 53.1 Å². The minimum absolute atomic E-state index is 0.113. The number of furan rings is 1. The van der Waals surface area contributed by atoms with E-state index >= 15 is 0 Å². The van der Waals surface area contributed by atoms with Crippen LogP contribution in [0.25, 0.3) is 11.3 Å². The Kier molecular flexibility index (Phi) is 4.65. The van der Waals surface area contributed by atoms with E-state index < -0.39 is 5.91 Å². The van der Waals surface area contributed by atoms with E-state index in [1.807, 2.05) is 12.1 Å². The molecule has 0 aliphatic heterocycles. The van der Waals surface area contributed by atoms with Gasteiger partial charge in [-0.25, -0.2) is 4.98 Å². The molecule has 0 aliphatic carbocycles. The Balaban J connectivity index is 1.81. The fourth-order valence-corrected chi connectivity index (χ4v) is 2.33. The summed E-state index contributed by atoms with van der Waals surface area (Å²) in [6, 6.07) is 13.0. The molecule has 4 N–H and O–H groups in total. The van der Waals surface area contributed by atoms with E-state index in [4.69, 9.17) is 10.2 Å². The molecule has 1 amide bonds. The summed E-state index contributed by atoms with van der Waals surface area (Å²) in [6.45, 7) is 4.26. The summed E-state index contributed by atoms with van der Waals surface area (Å²) in [4.78, 5) is 20.3. The van der Waals surface area contributed by atoms with Crippen molar-refractivity contribution < 1.29 is 9.21 Å². The van der Waals surface area contributed by atoms with Gasteiger partial charge in [0.25, 0.3) is 0 Å². The molecule has 2 heterocycles. The van der Waals surface area contributed by atoms with Crippen LogP contribution in [-0.4, -0.2) is 15.9 Å². The number of rotatable bonds is 5. The van der Waals surface area contributed by atoms with Gasteiger partial charge in [0.05, 0.1) is 12.0 Å². The lowest BCUT2D eigenvalue weighted by Crippen LogP contribution is -2.29. The molecule has 0 bridgehead atoms. The minimum atomic E-state index is -0.412. The van der Waals surface area contributed by atoms with Crippen LogP contribution in [0.5, 0.6) is 0 Å². The Morgan fingerprint density at radius 2 is 2.00 bits per heavy atom. The largest absolute Gasteiger partial charge is 0.459 e. The third kappa shape index (κ3) is 3.95. The van der Waals surface area contributed by atoms with E-state index in [9.17, 15) is 4.79 Å². The molecule has 3 aromatic rings.